The minimum absolute atomic E-state index is 0.0603. The van der Waals surface area contributed by atoms with E-state index < -0.39 is 0 Å². The predicted molar refractivity (Wildman–Crippen MR) is 147 cm³/mol. The Labute approximate surface area is 212 Å². The Bertz CT molecular complexity index is 1100. The number of dihydropyridines is 1. The second-order valence-corrected chi connectivity index (χ2v) is 11.1. The van der Waals surface area contributed by atoms with Crippen LogP contribution in [-0.2, 0) is 20.6 Å². The van der Waals surface area contributed by atoms with E-state index in [1.165, 1.54) is 26.1 Å². The number of aromatic amines is 1. The van der Waals surface area contributed by atoms with E-state index in [2.05, 4.69) is 40.4 Å². The summed E-state index contributed by atoms with van der Waals surface area (Å²) in [5.74, 6) is 3.07. The second-order valence-electron chi connectivity index (χ2n) is 9.23. The highest BCUT2D eigenvalue weighted by molar-refractivity contribution is 14.2. The number of nitrogens with one attached hydrogen (secondary N) is 1. The van der Waals surface area contributed by atoms with Crippen LogP contribution in [0.2, 0.25) is 0 Å². The molecule has 0 saturated carbocycles. The summed E-state index contributed by atoms with van der Waals surface area (Å²) in [4.78, 5) is 10.7. The van der Waals surface area contributed by atoms with Crippen LogP contribution in [0.25, 0.3) is 3.58 Å². The fraction of sp³-hybridized carbons (Fsp3) is 0.481. The average Bonchev–Trinajstić information content (AvgIpc) is 3.23. The summed E-state index contributed by atoms with van der Waals surface area (Å²) in [6, 6.07) is 2.30. The molecule has 7 heteroatoms. The summed E-state index contributed by atoms with van der Waals surface area (Å²) < 4.78 is 23.9. The fourth-order valence-electron chi connectivity index (χ4n) is 5.02. The molecule has 1 unspecified atom stereocenters. The van der Waals surface area contributed by atoms with E-state index in [9.17, 15) is 0 Å². The maximum atomic E-state index is 6.60. The SMILES string of the molecule is C=IC1=C(OC2=CC=NC3CC(OCCCN4CCOCC4)=C(C)C=C23)CCc2[nH]c(C)cc21. The molecule has 34 heavy (non-hydrogen) atoms. The summed E-state index contributed by atoms with van der Waals surface area (Å²) in [6.07, 6.45) is 9.83. The van der Waals surface area contributed by atoms with Crippen LogP contribution in [0.1, 0.15) is 43.1 Å². The number of aliphatic imine (C=N–C) groups is 1. The quantitative estimate of drug-likeness (QED) is 0.349. The van der Waals surface area contributed by atoms with Gasteiger partial charge in [0.05, 0.1) is 29.4 Å². The highest BCUT2D eigenvalue weighted by atomic mass is 127. The Kier molecular flexibility index (Phi) is 7.51. The van der Waals surface area contributed by atoms with Crippen molar-refractivity contribution in [1.29, 1.82) is 0 Å². The second kappa shape index (κ2) is 10.7. The molecule has 1 aromatic rings. The molecule has 0 bridgehead atoms. The lowest BCUT2D eigenvalue weighted by atomic mass is 9.91. The summed E-state index contributed by atoms with van der Waals surface area (Å²) in [6.45, 7) is 9.80. The fourth-order valence-corrected chi connectivity index (χ4v) is 6.72. The third kappa shape index (κ3) is 5.16. The van der Waals surface area contributed by atoms with E-state index in [-0.39, 0.29) is 26.8 Å². The van der Waals surface area contributed by atoms with Crippen LogP contribution in [0, 0.1) is 6.92 Å². The molecular formula is C27H34IN3O3. The van der Waals surface area contributed by atoms with Crippen molar-refractivity contribution in [1.82, 2.24) is 9.88 Å². The van der Waals surface area contributed by atoms with Gasteiger partial charge in [0, 0.05) is 61.2 Å². The molecule has 1 N–H and O–H groups in total. The molecular weight excluding hydrogens is 541 g/mol. The molecule has 0 aromatic carbocycles. The first-order chi connectivity index (χ1) is 16.6. The number of hydrogen-bond acceptors (Lipinski definition) is 5. The number of H-pyrrole nitrogens is 1. The smallest absolute Gasteiger partial charge is 0.133 e. The summed E-state index contributed by atoms with van der Waals surface area (Å²) >= 11 is -0.345. The zero-order chi connectivity index (χ0) is 23.5. The van der Waals surface area contributed by atoms with Gasteiger partial charge in [-0.3, -0.25) is 9.89 Å². The van der Waals surface area contributed by atoms with Gasteiger partial charge in [-0.25, -0.2) is 0 Å². The molecule has 5 rings (SSSR count). The monoisotopic (exact) mass is 575 g/mol. The molecule has 1 aromatic heterocycles. The first-order valence-electron chi connectivity index (χ1n) is 12.2. The van der Waals surface area contributed by atoms with Gasteiger partial charge < -0.3 is 19.2 Å². The maximum absolute atomic E-state index is 6.60. The molecule has 182 valence electrons. The van der Waals surface area contributed by atoms with Crippen LogP contribution in [0.15, 0.2) is 51.6 Å². The number of allylic oxidation sites excluding steroid dienone is 4. The van der Waals surface area contributed by atoms with E-state index in [1.54, 1.807) is 0 Å². The molecule has 1 atom stereocenters. The number of aryl methyl sites for hydroxylation is 2. The molecule has 0 radical (unpaired) electrons. The molecule has 2 aliphatic heterocycles. The van der Waals surface area contributed by atoms with Gasteiger partial charge in [0.1, 0.15) is 17.3 Å². The largest absolute Gasteiger partial charge is 0.498 e. The standard InChI is InChI=1S/C27H34IN3O3/c1-18-15-20-23(17-26(18)33-12-4-9-31-10-13-32-14-11-31)29-8-7-24(20)34-25-6-5-22-21(27(25)28-3)16-19(2)30-22/h7-8,15-16,23,30H,3-6,9-14,17H2,1-2H3. The van der Waals surface area contributed by atoms with Gasteiger partial charge in [-0.15, -0.1) is 0 Å². The molecule has 0 spiro atoms. The highest BCUT2D eigenvalue weighted by Crippen LogP contribution is 2.42. The minimum atomic E-state index is -0.345. The number of rotatable bonds is 8. The summed E-state index contributed by atoms with van der Waals surface area (Å²) in [5, 5.41) is 0. The lowest BCUT2D eigenvalue weighted by Gasteiger charge is -2.29. The van der Waals surface area contributed by atoms with Crippen LogP contribution in [0.5, 0.6) is 0 Å². The first-order valence-corrected chi connectivity index (χ1v) is 14.8. The molecule has 0 amide bonds. The number of ether oxygens (including phenoxy) is 3. The Morgan fingerprint density at radius 1 is 1.24 bits per heavy atom. The van der Waals surface area contributed by atoms with E-state index in [4.69, 9.17) is 19.2 Å². The van der Waals surface area contributed by atoms with E-state index in [0.29, 0.717) is 0 Å². The van der Waals surface area contributed by atoms with Gasteiger partial charge >= 0.3 is 0 Å². The molecule has 3 heterocycles. The van der Waals surface area contributed by atoms with Gasteiger partial charge in [-0.2, -0.15) is 0 Å². The Morgan fingerprint density at radius 3 is 2.91 bits per heavy atom. The van der Waals surface area contributed by atoms with Crippen molar-refractivity contribution in [3.8, 4) is 0 Å². The Hall–Kier alpha value is -1.97. The lowest BCUT2D eigenvalue weighted by Crippen LogP contribution is -2.37. The van der Waals surface area contributed by atoms with Crippen molar-refractivity contribution in [2.45, 2.75) is 45.6 Å². The van der Waals surface area contributed by atoms with E-state index in [1.807, 2.05) is 12.3 Å². The molecule has 2 aliphatic carbocycles. The van der Waals surface area contributed by atoms with Crippen LogP contribution in [-0.4, -0.2) is 66.1 Å². The van der Waals surface area contributed by atoms with E-state index >= 15 is 0 Å². The molecule has 1 saturated heterocycles. The van der Waals surface area contributed by atoms with Crippen LogP contribution >= 0.6 is 20.7 Å². The van der Waals surface area contributed by atoms with Gasteiger partial charge in [0.25, 0.3) is 0 Å². The predicted octanol–water partition coefficient (Wildman–Crippen LogP) is 5.04. The normalized spacial score (nSPS) is 22.8. The van der Waals surface area contributed by atoms with Crippen LogP contribution in [0.3, 0.4) is 0 Å². The Morgan fingerprint density at radius 2 is 2.09 bits per heavy atom. The number of halogens is 1. The summed E-state index contributed by atoms with van der Waals surface area (Å²) in [5.41, 5.74) is 6.18. The van der Waals surface area contributed by atoms with Gasteiger partial charge in [0.2, 0.25) is 0 Å². The van der Waals surface area contributed by atoms with Crippen molar-refractivity contribution in [2.24, 2.45) is 4.99 Å². The van der Waals surface area contributed by atoms with Crippen LogP contribution in [0.4, 0.5) is 0 Å². The maximum Gasteiger partial charge on any atom is 0.133 e. The van der Waals surface area contributed by atoms with Crippen molar-refractivity contribution >= 4 is 35.0 Å². The highest BCUT2D eigenvalue weighted by Gasteiger charge is 2.29. The number of fused-ring (bicyclic) bond motifs is 2. The van der Waals surface area contributed by atoms with Crippen molar-refractivity contribution in [3.63, 3.8) is 0 Å². The van der Waals surface area contributed by atoms with Crippen molar-refractivity contribution in [3.05, 3.63) is 63.6 Å². The van der Waals surface area contributed by atoms with Crippen molar-refractivity contribution in [2.75, 3.05) is 39.5 Å². The first kappa shape index (κ1) is 23.8. The average molecular weight is 575 g/mol. The summed E-state index contributed by atoms with van der Waals surface area (Å²) in [7, 11) is 0. The molecule has 1 fully saturated rings. The van der Waals surface area contributed by atoms with Crippen molar-refractivity contribution < 1.29 is 14.2 Å². The zero-order valence-electron chi connectivity index (χ0n) is 20.2. The lowest BCUT2D eigenvalue weighted by molar-refractivity contribution is 0.0341. The topological polar surface area (TPSA) is 59.1 Å². The van der Waals surface area contributed by atoms with E-state index in [0.717, 1.165) is 88.0 Å². The third-order valence-electron chi connectivity index (χ3n) is 6.81. The third-order valence-corrected chi connectivity index (χ3v) is 8.75. The van der Waals surface area contributed by atoms with Crippen LogP contribution < -0.4 is 0 Å². The molecule has 4 aliphatic rings. The minimum Gasteiger partial charge on any atom is -0.498 e. The number of nitrogens with zero attached hydrogens (tertiary/aromatic N) is 2. The molecule has 6 nitrogen and oxygen atoms in total. The number of hydrogen-bond donors (Lipinski definition) is 1. The zero-order valence-corrected chi connectivity index (χ0v) is 22.3. The van der Waals surface area contributed by atoms with Gasteiger partial charge in [-0.05, 0) is 50.5 Å². The number of morpholine rings is 1. The number of aromatic nitrogens is 1. The Balaban J connectivity index is 1.26. The van der Waals surface area contributed by atoms with Gasteiger partial charge in [0.15, 0.2) is 0 Å². The van der Waals surface area contributed by atoms with Gasteiger partial charge in [-0.1, -0.05) is 25.2 Å².